The van der Waals surface area contributed by atoms with Gasteiger partial charge in [0.2, 0.25) is 5.91 Å². The lowest BCUT2D eigenvalue weighted by Gasteiger charge is -2.35. The lowest BCUT2D eigenvalue weighted by atomic mass is 9.85. The van der Waals surface area contributed by atoms with Crippen molar-refractivity contribution in [3.05, 3.63) is 0 Å². The largest absolute Gasteiger partial charge is 0.396 e. The lowest BCUT2D eigenvalue weighted by molar-refractivity contribution is -0.136. The molecule has 0 radical (unpaired) electrons. The van der Waals surface area contributed by atoms with Crippen molar-refractivity contribution in [1.82, 2.24) is 9.80 Å². The van der Waals surface area contributed by atoms with Crippen LogP contribution < -0.4 is 0 Å². The van der Waals surface area contributed by atoms with Crippen LogP contribution in [-0.2, 0) is 4.79 Å². The summed E-state index contributed by atoms with van der Waals surface area (Å²) in [5.74, 6) is 0.990. The number of aliphatic hydroxyl groups is 1. The first-order valence-electron chi connectivity index (χ1n) is 7.18. The molecule has 1 aliphatic carbocycles. The summed E-state index contributed by atoms with van der Waals surface area (Å²) in [5, 5.41) is 9.14. The van der Waals surface area contributed by atoms with Crippen LogP contribution in [0.3, 0.4) is 0 Å². The third-order valence-electron chi connectivity index (χ3n) is 4.71. The molecule has 2 fully saturated rings. The van der Waals surface area contributed by atoms with Crippen LogP contribution in [0.5, 0.6) is 0 Å². The van der Waals surface area contributed by atoms with Crippen molar-refractivity contribution in [2.75, 3.05) is 33.8 Å². The zero-order valence-corrected chi connectivity index (χ0v) is 11.6. The lowest BCUT2D eigenvalue weighted by Crippen LogP contribution is -2.43. The normalized spacial score (nSPS) is 33.6. The molecule has 4 nitrogen and oxygen atoms in total. The SMILES string of the molecule is CN1CCC(C(=O)N(C)C2CCC(CO)CC2)C1. The van der Waals surface area contributed by atoms with Crippen LogP contribution in [0.25, 0.3) is 0 Å². The van der Waals surface area contributed by atoms with Crippen LogP contribution in [0.1, 0.15) is 32.1 Å². The minimum atomic E-state index is 0.204. The van der Waals surface area contributed by atoms with E-state index in [9.17, 15) is 4.79 Å². The third kappa shape index (κ3) is 3.04. The van der Waals surface area contributed by atoms with E-state index in [0.29, 0.717) is 24.5 Å². The van der Waals surface area contributed by atoms with Gasteiger partial charge in [-0.2, -0.15) is 0 Å². The van der Waals surface area contributed by atoms with Crippen molar-refractivity contribution < 1.29 is 9.90 Å². The van der Waals surface area contributed by atoms with Gasteiger partial charge in [0.15, 0.2) is 0 Å². The van der Waals surface area contributed by atoms with Crippen molar-refractivity contribution in [2.24, 2.45) is 11.8 Å². The monoisotopic (exact) mass is 254 g/mol. The number of amides is 1. The quantitative estimate of drug-likeness (QED) is 0.815. The highest BCUT2D eigenvalue weighted by atomic mass is 16.3. The molecule has 1 N–H and O–H groups in total. The number of carbonyl (C=O) groups is 1. The number of aliphatic hydroxyl groups excluding tert-OH is 1. The molecule has 1 amide bonds. The first kappa shape index (κ1) is 13.8. The molecule has 1 aliphatic heterocycles. The van der Waals surface area contributed by atoms with Crippen molar-refractivity contribution in [1.29, 1.82) is 0 Å². The van der Waals surface area contributed by atoms with Crippen molar-refractivity contribution in [3.63, 3.8) is 0 Å². The van der Waals surface area contributed by atoms with Gasteiger partial charge in [-0.3, -0.25) is 4.79 Å². The Morgan fingerprint density at radius 3 is 2.44 bits per heavy atom. The summed E-state index contributed by atoms with van der Waals surface area (Å²) in [7, 11) is 4.05. The van der Waals surface area contributed by atoms with E-state index < -0.39 is 0 Å². The van der Waals surface area contributed by atoms with E-state index in [2.05, 4.69) is 11.9 Å². The van der Waals surface area contributed by atoms with Crippen molar-refractivity contribution in [3.8, 4) is 0 Å². The van der Waals surface area contributed by atoms with Crippen molar-refractivity contribution in [2.45, 2.75) is 38.1 Å². The Kier molecular flexibility index (Phi) is 4.62. The van der Waals surface area contributed by atoms with Crippen LogP contribution in [0, 0.1) is 11.8 Å². The summed E-state index contributed by atoms with van der Waals surface area (Å²) in [5.41, 5.74) is 0. The second-order valence-corrected chi connectivity index (χ2v) is 6.05. The molecule has 104 valence electrons. The summed E-state index contributed by atoms with van der Waals surface area (Å²) >= 11 is 0. The Hall–Kier alpha value is -0.610. The number of hydrogen-bond donors (Lipinski definition) is 1. The predicted octanol–water partition coefficient (Wildman–Crippen LogP) is 0.948. The van der Waals surface area contributed by atoms with Gasteiger partial charge in [0.1, 0.15) is 0 Å². The zero-order chi connectivity index (χ0) is 13.1. The fourth-order valence-corrected chi connectivity index (χ4v) is 3.32. The number of carbonyl (C=O) groups excluding carboxylic acids is 1. The average Bonchev–Trinajstić information content (AvgIpc) is 2.84. The van der Waals surface area contributed by atoms with Gasteiger partial charge in [0.25, 0.3) is 0 Å². The standard InChI is InChI=1S/C14H26N2O2/c1-15-8-7-12(9-15)14(18)16(2)13-5-3-11(10-17)4-6-13/h11-13,17H,3-10H2,1-2H3. The Bertz CT molecular complexity index is 288. The Labute approximate surface area is 110 Å². The molecule has 1 saturated heterocycles. The predicted molar refractivity (Wildman–Crippen MR) is 71.2 cm³/mol. The highest BCUT2D eigenvalue weighted by Crippen LogP contribution is 2.28. The Morgan fingerprint density at radius 1 is 1.28 bits per heavy atom. The maximum atomic E-state index is 12.4. The molecule has 0 bridgehead atoms. The van der Waals surface area contributed by atoms with Gasteiger partial charge in [-0.25, -0.2) is 0 Å². The minimum Gasteiger partial charge on any atom is -0.396 e. The maximum Gasteiger partial charge on any atom is 0.227 e. The van der Waals surface area contributed by atoms with Crippen LogP contribution in [-0.4, -0.2) is 60.6 Å². The van der Waals surface area contributed by atoms with Gasteiger partial charge < -0.3 is 14.9 Å². The molecule has 0 aromatic heterocycles. The Balaban J connectivity index is 1.84. The molecule has 0 aromatic rings. The highest BCUT2D eigenvalue weighted by molar-refractivity contribution is 5.79. The number of hydrogen-bond acceptors (Lipinski definition) is 3. The molecule has 4 heteroatoms. The van der Waals surface area contributed by atoms with E-state index in [1.165, 1.54) is 0 Å². The molecule has 2 aliphatic rings. The summed E-state index contributed by atoms with van der Waals surface area (Å²) in [4.78, 5) is 16.6. The molecule has 1 atom stereocenters. The van der Waals surface area contributed by atoms with E-state index >= 15 is 0 Å². The van der Waals surface area contributed by atoms with Gasteiger partial charge in [-0.15, -0.1) is 0 Å². The summed E-state index contributed by atoms with van der Waals surface area (Å²) < 4.78 is 0. The van der Waals surface area contributed by atoms with E-state index in [4.69, 9.17) is 5.11 Å². The number of rotatable bonds is 3. The minimum absolute atomic E-state index is 0.204. The van der Waals surface area contributed by atoms with E-state index in [1.54, 1.807) is 0 Å². The van der Waals surface area contributed by atoms with Crippen LogP contribution in [0.15, 0.2) is 0 Å². The molecule has 18 heavy (non-hydrogen) atoms. The van der Waals surface area contributed by atoms with Gasteiger partial charge in [-0.05, 0) is 51.6 Å². The van der Waals surface area contributed by atoms with Crippen LogP contribution in [0.4, 0.5) is 0 Å². The first-order chi connectivity index (χ1) is 8.61. The summed E-state index contributed by atoms with van der Waals surface area (Å²) in [6.07, 6.45) is 5.23. The second-order valence-electron chi connectivity index (χ2n) is 6.05. The maximum absolute atomic E-state index is 12.4. The highest BCUT2D eigenvalue weighted by Gasteiger charge is 2.32. The molecule has 0 spiro atoms. The second kappa shape index (κ2) is 6.02. The smallest absolute Gasteiger partial charge is 0.227 e. The summed E-state index contributed by atoms with van der Waals surface area (Å²) in [6, 6.07) is 0.395. The number of nitrogens with zero attached hydrogens (tertiary/aromatic N) is 2. The molecular weight excluding hydrogens is 228 g/mol. The topological polar surface area (TPSA) is 43.8 Å². The first-order valence-corrected chi connectivity index (χ1v) is 7.18. The fraction of sp³-hybridized carbons (Fsp3) is 0.929. The fourth-order valence-electron chi connectivity index (χ4n) is 3.32. The average molecular weight is 254 g/mol. The van der Waals surface area contributed by atoms with Gasteiger partial charge in [0.05, 0.1) is 5.92 Å². The van der Waals surface area contributed by atoms with E-state index in [-0.39, 0.29) is 5.92 Å². The number of likely N-dealkylation sites (tertiary alicyclic amines) is 1. The van der Waals surface area contributed by atoms with Gasteiger partial charge in [0, 0.05) is 26.2 Å². The van der Waals surface area contributed by atoms with Crippen LogP contribution >= 0.6 is 0 Å². The molecule has 1 unspecified atom stereocenters. The van der Waals surface area contributed by atoms with Crippen LogP contribution in [0.2, 0.25) is 0 Å². The van der Waals surface area contributed by atoms with E-state index in [0.717, 1.165) is 45.2 Å². The zero-order valence-electron chi connectivity index (χ0n) is 11.6. The van der Waals surface area contributed by atoms with E-state index in [1.807, 2.05) is 11.9 Å². The molecular formula is C14H26N2O2. The molecule has 0 aromatic carbocycles. The van der Waals surface area contributed by atoms with Gasteiger partial charge >= 0.3 is 0 Å². The Morgan fingerprint density at radius 2 is 1.94 bits per heavy atom. The third-order valence-corrected chi connectivity index (χ3v) is 4.71. The van der Waals surface area contributed by atoms with Gasteiger partial charge in [-0.1, -0.05) is 0 Å². The molecule has 2 rings (SSSR count). The molecule has 1 saturated carbocycles. The van der Waals surface area contributed by atoms with Crippen molar-refractivity contribution >= 4 is 5.91 Å². The molecule has 1 heterocycles. The summed E-state index contributed by atoms with van der Waals surface area (Å²) in [6.45, 7) is 2.26.